The predicted octanol–water partition coefficient (Wildman–Crippen LogP) is 5.15. The Hall–Kier alpha value is -2.22. The molecule has 0 saturated carbocycles. The normalized spacial score (nSPS) is 20.9. The van der Waals surface area contributed by atoms with Crippen molar-refractivity contribution in [1.29, 1.82) is 0 Å². The van der Waals surface area contributed by atoms with Crippen LogP contribution in [0.15, 0.2) is 66.6 Å². The largest absolute Gasteiger partial charge is 0.354 e. The zero-order chi connectivity index (χ0) is 19.7. The number of rotatable bonds is 7. The second kappa shape index (κ2) is 7.66. The summed E-state index contributed by atoms with van der Waals surface area (Å²) in [7, 11) is 0. The fraction of sp³-hybridized carbons (Fsp3) is 0.200. The predicted molar refractivity (Wildman–Crippen MR) is 104 cm³/mol. The molecule has 0 spiro atoms. The van der Waals surface area contributed by atoms with Crippen LogP contribution in [0.2, 0.25) is 5.02 Å². The van der Waals surface area contributed by atoms with Gasteiger partial charge in [-0.15, -0.1) is 6.58 Å². The quantitative estimate of drug-likeness (QED) is 0.301. The van der Waals surface area contributed by atoms with Crippen LogP contribution in [0.3, 0.4) is 0 Å². The number of hydrogen-bond donors (Lipinski definition) is 0. The Morgan fingerprint density at radius 3 is 2.86 bits per heavy atom. The molecule has 8 heteroatoms. The second-order valence-electron chi connectivity index (χ2n) is 6.33. The number of benzene rings is 2. The Bertz CT molecular complexity index is 1030. The highest BCUT2D eigenvalue weighted by Crippen LogP contribution is 2.59. The average Bonchev–Trinajstić information content (AvgIpc) is 3.21. The Morgan fingerprint density at radius 2 is 2.11 bits per heavy atom. The molecule has 0 N–H and O–H groups in total. The van der Waals surface area contributed by atoms with Crippen molar-refractivity contribution in [2.75, 3.05) is 5.75 Å². The van der Waals surface area contributed by atoms with Gasteiger partial charge in [0.05, 0.1) is 6.54 Å². The van der Waals surface area contributed by atoms with E-state index >= 15 is 0 Å². The molecule has 1 aliphatic heterocycles. The molecule has 2 atom stereocenters. The molecule has 1 saturated heterocycles. The minimum atomic E-state index is -1.06. The minimum absolute atomic E-state index is 0.213. The molecule has 1 aliphatic rings. The molecular formula is C20H16ClF2N3OS. The van der Waals surface area contributed by atoms with Crippen LogP contribution in [0.4, 0.5) is 8.78 Å². The lowest BCUT2D eigenvalue weighted by Gasteiger charge is -2.16. The van der Waals surface area contributed by atoms with Crippen LogP contribution in [0, 0.1) is 11.6 Å². The van der Waals surface area contributed by atoms with Gasteiger partial charge in [-0.2, -0.15) is 5.10 Å². The first kappa shape index (κ1) is 19.1. The van der Waals surface area contributed by atoms with Crippen molar-refractivity contribution in [3.05, 3.63) is 89.2 Å². The number of halogens is 3. The van der Waals surface area contributed by atoms with Crippen molar-refractivity contribution in [2.24, 2.45) is 0 Å². The van der Waals surface area contributed by atoms with E-state index in [0.29, 0.717) is 15.9 Å². The summed E-state index contributed by atoms with van der Waals surface area (Å²) < 4.78 is 35.9. The van der Waals surface area contributed by atoms with Gasteiger partial charge in [-0.1, -0.05) is 53.7 Å². The number of epoxide rings is 1. The van der Waals surface area contributed by atoms with Gasteiger partial charge in [-0.3, -0.25) is 0 Å². The summed E-state index contributed by atoms with van der Waals surface area (Å²) in [5.74, 6) is -0.657. The first-order chi connectivity index (χ1) is 13.5. The number of nitrogens with zero attached hydrogens (tertiary/aromatic N) is 3. The molecule has 144 valence electrons. The summed E-state index contributed by atoms with van der Waals surface area (Å²) >= 11 is 7.80. The van der Waals surface area contributed by atoms with Crippen LogP contribution >= 0.6 is 23.4 Å². The van der Waals surface area contributed by atoms with Gasteiger partial charge in [-0.05, 0) is 12.1 Å². The number of ether oxygens (including phenoxy) is 1. The SMILES string of the molecule is C=CCSc1ncnn1C[C@@]1(c2ccc(F)cc2F)O[C@@H]1c1ccccc1Cl. The standard InChI is InChI=1S/C20H16ClF2N3OS/c1-2-9-28-19-24-12-25-26(19)11-20(15-8-7-13(22)10-17(15)23)18(27-20)14-5-3-4-6-16(14)21/h2-8,10,12,18H,1,9,11H2/t18-,20+/m1/s1. The molecule has 4 nitrogen and oxygen atoms in total. The van der Waals surface area contributed by atoms with Gasteiger partial charge in [0.1, 0.15) is 29.7 Å². The Morgan fingerprint density at radius 1 is 1.29 bits per heavy atom. The zero-order valence-electron chi connectivity index (χ0n) is 14.7. The zero-order valence-corrected chi connectivity index (χ0v) is 16.3. The van der Waals surface area contributed by atoms with Crippen LogP contribution < -0.4 is 0 Å². The van der Waals surface area contributed by atoms with Gasteiger partial charge in [0.25, 0.3) is 0 Å². The van der Waals surface area contributed by atoms with Crippen LogP contribution in [0.25, 0.3) is 0 Å². The van der Waals surface area contributed by atoms with Gasteiger partial charge in [0.15, 0.2) is 5.16 Å². The molecule has 2 aromatic carbocycles. The van der Waals surface area contributed by atoms with Crippen LogP contribution in [-0.2, 0) is 16.9 Å². The number of aromatic nitrogens is 3. The fourth-order valence-electron chi connectivity index (χ4n) is 3.25. The fourth-order valence-corrected chi connectivity index (χ4v) is 4.14. The van der Waals surface area contributed by atoms with E-state index in [2.05, 4.69) is 16.7 Å². The summed E-state index contributed by atoms with van der Waals surface area (Å²) in [6.45, 7) is 3.92. The van der Waals surface area contributed by atoms with E-state index < -0.39 is 23.3 Å². The summed E-state index contributed by atoms with van der Waals surface area (Å²) in [6.07, 6.45) is 2.72. The van der Waals surface area contributed by atoms with Crippen molar-refractivity contribution in [2.45, 2.75) is 23.4 Å². The number of hydrogen-bond acceptors (Lipinski definition) is 4. The minimum Gasteiger partial charge on any atom is -0.354 e. The molecule has 28 heavy (non-hydrogen) atoms. The molecular weight excluding hydrogens is 404 g/mol. The third-order valence-corrected chi connectivity index (χ3v) is 5.89. The Balaban J connectivity index is 1.75. The van der Waals surface area contributed by atoms with Gasteiger partial charge in [0, 0.05) is 28.0 Å². The van der Waals surface area contributed by atoms with Crippen LogP contribution in [-0.4, -0.2) is 20.5 Å². The van der Waals surface area contributed by atoms with Crippen molar-refractivity contribution >= 4 is 23.4 Å². The molecule has 0 amide bonds. The molecule has 4 rings (SSSR count). The maximum Gasteiger partial charge on any atom is 0.186 e. The van der Waals surface area contributed by atoms with Crippen molar-refractivity contribution in [1.82, 2.24) is 14.8 Å². The van der Waals surface area contributed by atoms with E-state index in [1.165, 1.54) is 30.2 Å². The molecule has 1 fully saturated rings. The molecule has 0 aliphatic carbocycles. The Kier molecular flexibility index (Phi) is 5.23. The lowest BCUT2D eigenvalue weighted by atomic mass is 9.91. The lowest BCUT2D eigenvalue weighted by Crippen LogP contribution is -2.22. The van der Waals surface area contributed by atoms with E-state index in [1.54, 1.807) is 16.8 Å². The monoisotopic (exact) mass is 419 g/mol. The lowest BCUT2D eigenvalue weighted by molar-refractivity contribution is 0.250. The summed E-state index contributed by atoms with van der Waals surface area (Å²) in [4.78, 5) is 4.24. The third kappa shape index (κ3) is 3.45. The van der Waals surface area contributed by atoms with Gasteiger partial charge in [-0.25, -0.2) is 18.4 Å². The van der Waals surface area contributed by atoms with E-state index in [-0.39, 0.29) is 12.1 Å². The van der Waals surface area contributed by atoms with Crippen molar-refractivity contribution in [3.8, 4) is 0 Å². The second-order valence-corrected chi connectivity index (χ2v) is 7.73. The van der Waals surface area contributed by atoms with Gasteiger partial charge < -0.3 is 4.74 Å². The van der Waals surface area contributed by atoms with E-state index in [9.17, 15) is 8.78 Å². The topological polar surface area (TPSA) is 43.2 Å². The molecule has 0 bridgehead atoms. The Labute approximate surface area is 170 Å². The smallest absolute Gasteiger partial charge is 0.186 e. The molecule has 3 aromatic rings. The van der Waals surface area contributed by atoms with E-state index in [4.69, 9.17) is 16.3 Å². The molecule has 0 unspecified atom stereocenters. The first-order valence-electron chi connectivity index (χ1n) is 8.54. The molecule has 2 heterocycles. The van der Waals surface area contributed by atoms with E-state index in [1.807, 2.05) is 18.2 Å². The van der Waals surface area contributed by atoms with Gasteiger partial charge >= 0.3 is 0 Å². The molecule has 0 radical (unpaired) electrons. The van der Waals surface area contributed by atoms with Crippen molar-refractivity contribution < 1.29 is 13.5 Å². The summed E-state index contributed by atoms with van der Waals surface area (Å²) in [5, 5.41) is 5.45. The highest BCUT2D eigenvalue weighted by atomic mass is 35.5. The maximum atomic E-state index is 14.7. The van der Waals surface area contributed by atoms with Crippen molar-refractivity contribution in [3.63, 3.8) is 0 Å². The number of thioether (sulfide) groups is 1. The highest BCUT2D eigenvalue weighted by Gasteiger charge is 2.61. The summed E-state index contributed by atoms with van der Waals surface area (Å²) in [5.41, 5.74) is -0.0535. The highest BCUT2D eigenvalue weighted by molar-refractivity contribution is 7.99. The van der Waals surface area contributed by atoms with E-state index in [0.717, 1.165) is 11.6 Å². The van der Waals surface area contributed by atoms with Gasteiger partial charge in [0.2, 0.25) is 0 Å². The van der Waals surface area contributed by atoms with Crippen LogP contribution in [0.1, 0.15) is 17.2 Å². The molecule has 1 aromatic heterocycles. The summed E-state index contributed by atoms with van der Waals surface area (Å²) in [6, 6.07) is 10.7. The maximum absolute atomic E-state index is 14.7. The average molecular weight is 420 g/mol. The third-order valence-electron chi connectivity index (χ3n) is 4.56. The first-order valence-corrected chi connectivity index (χ1v) is 9.91. The van der Waals surface area contributed by atoms with Crippen LogP contribution in [0.5, 0.6) is 0 Å².